The highest BCUT2D eigenvalue weighted by Crippen LogP contribution is 2.38. The van der Waals surface area contributed by atoms with Gasteiger partial charge in [-0.15, -0.1) is 11.3 Å². The van der Waals surface area contributed by atoms with E-state index in [1.165, 1.54) is 11.3 Å². The number of rotatable bonds is 2. The fraction of sp³-hybridized carbons (Fsp3) is 0.529. The summed E-state index contributed by atoms with van der Waals surface area (Å²) in [6.07, 6.45) is 1.86. The number of thiazole rings is 1. The number of aryl methyl sites for hydroxylation is 4. The van der Waals surface area contributed by atoms with Crippen LogP contribution >= 0.6 is 11.3 Å². The number of aromatic nitrogens is 3. The molecule has 122 valence electrons. The molecule has 0 N–H and O–H groups in total. The molecule has 1 amide bonds. The molecule has 0 saturated carbocycles. The molecule has 2 aromatic heterocycles. The minimum atomic E-state index is -0.446. The number of hydrogen-bond donors (Lipinski definition) is 0. The molecule has 1 aliphatic heterocycles. The first-order valence-electron chi connectivity index (χ1n) is 7.90. The van der Waals surface area contributed by atoms with Crippen molar-refractivity contribution in [2.24, 2.45) is 0 Å². The summed E-state index contributed by atoms with van der Waals surface area (Å²) in [6, 6.07) is 1.96. The summed E-state index contributed by atoms with van der Waals surface area (Å²) < 4.78 is 0. The van der Waals surface area contributed by atoms with Gasteiger partial charge in [0.1, 0.15) is 10.4 Å². The Morgan fingerprint density at radius 1 is 1.17 bits per heavy atom. The van der Waals surface area contributed by atoms with Crippen molar-refractivity contribution >= 4 is 17.2 Å². The average Bonchev–Trinajstić information content (AvgIpc) is 3.01. The highest BCUT2D eigenvalue weighted by Gasteiger charge is 2.44. The Balaban J connectivity index is 2.02. The van der Waals surface area contributed by atoms with Gasteiger partial charge in [-0.1, -0.05) is 0 Å². The Morgan fingerprint density at radius 3 is 2.39 bits per heavy atom. The first kappa shape index (κ1) is 16.1. The maximum Gasteiger partial charge on any atom is 0.266 e. The van der Waals surface area contributed by atoms with Crippen LogP contribution in [0.4, 0.5) is 0 Å². The van der Waals surface area contributed by atoms with Gasteiger partial charge in [-0.3, -0.25) is 4.79 Å². The van der Waals surface area contributed by atoms with Crippen molar-refractivity contribution in [2.45, 2.75) is 53.0 Å². The molecule has 0 bridgehead atoms. The molecule has 3 rings (SSSR count). The lowest BCUT2D eigenvalue weighted by Gasteiger charge is -2.34. The van der Waals surface area contributed by atoms with Crippen LogP contribution in [0.1, 0.15) is 57.4 Å². The molecule has 1 atom stereocenters. The van der Waals surface area contributed by atoms with Crippen LogP contribution in [0.5, 0.6) is 0 Å². The van der Waals surface area contributed by atoms with Gasteiger partial charge in [0.15, 0.2) is 5.82 Å². The second-order valence-electron chi connectivity index (χ2n) is 6.46. The first-order valence-corrected chi connectivity index (χ1v) is 8.71. The van der Waals surface area contributed by atoms with E-state index < -0.39 is 5.54 Å². The number of likely N-dealkylation sites (tertiary alicyclic amines) is 1. The fourth-order valence-corrected chi connectivity index (χ4v) is 4.21. The number of nitrogens with zero attached hydrogens (tertiary/aromatic N) is 4. The third-order valence-electron chi connectivity index (χ3n) is 4.45. The van der Waals surface area contributed by atoms with Crippen molar-refractivity contribution in [3.05, 3.63) is 38.9 Å². The lowest BCUT2D eigenvalue weighted by Crippen LogP contribution is -2.44. The number of hydrogen-bond acceptors (Lipinski definition) is 5. The van der Waals surface area contributed by atoms with Crippen LogP contribution in [0, 0.1) is 27.7 Å². The van der Waals surface area contributed by atoms with Crippen molar-refractivity contribution in [1.82, 2.24) is 19.9 Å². The van der Waals surface area contributed by atoms with Crippen molar-refractivity contribution in [3.8, 4) is 0 Å². The fourth-order valence-electron chi connectivity index (χ4n) is 3.34. The number of carbonyl (C=O) groups is 1. The van der Waals surface area contributed by atoms with E-state index in [4.69, 9.17) is 0 Å². The zero-order chi connectivity index (χ0) is 16.8. The lowest BCUT2D eigenvalue weighted by molar-refractivity contribution is 0.0607. The van der Waals surface area contributed by atoms with E-state index in [0.29, 0.717) is 0 Å². The van der Waals surface area contributed by atoms with Gasteiger partial charge in [0.05, 0.1) is 10.7 Å². The normalized spacial score (nSPS) is 21.0. The minimum absolute atomic E-state index is 0.0517. The van der Waals surface area contributed by atoms with Crippen molar-refractivity contribution in [1.29, 1.82) is 0 Å². The molecule has 0 spiro atoms. The Labute approximate surface area is 140 Å². The summed E-state index contributed by atoms with van der Waals surface area (Å²) in [5.41, 5.74) is 2.25. The van der Waals surface area contributed by atoms with E-state index in [1.807, 2.05) is 38.7 Å². The molecular weight excluding hydrogens is 308 g/mol. The van der Waals surface area contributed by atoms with Gasteiger partial charge >= 0.3 is 0 Å². The second kappa shape index (κ2) is 5.67. The molecular formula is C17H22N4OS. The van der Waals surface area contributed by atoms with Crippen molar-refractivity contribution in [3.63, 3.8) is 0 Å². The molecule has 3 heterocycles. The average molecular weight is 330 g/mol. The first-order chi connectivity index (χ1) is 10.8. The zero-order valence-corrected chi connectivity index (χ0v) is 15.1. The Kier molecular flexibility index (Phi) is 3.96. The third-order valence-corrected chi connectivity index (χ3v) is 5.51. The molecule has 0 unspecified atom stereocenters. The molecule has 2 aromatic rings. The predicted molar refractivity (Wildman–Crippen MR) is 90.7 cm³/mol. The van der Waals surface area contributed by atoms with Gasteiger partial charge in [0.2, 0.25) is 0 Å². The molecule has 23 heavy (non-hydrogen) atoms. The topological polar surface area (TPSA) is 59.0 Å². The van der Waals surface area contributed by atoms with Crippen molar-refractivity contribution in [2.75, 3.05) is 6.54 Å². The maximum atomic E-state index is 13.1. The Hall–Kier alpha value is -1.82. The van der Waals surface area contributed by atoms with E-state index in [1.54, 1.807) is 0 Å². The van der Waals surface area contributed by atoms with Crippen LogP contribution in [0.2, 0.25) is 0 Å². The van der Waals surface area contributed by atoms with Crippen LogP contribution in [0.25, 0.3) is 0 Å². The van der Waals surface area contributed by atoms with Gasteiger partial charge in [-0.2, -0.15) is 0 Å². The molecule has 6 heteroatoms. The standard InChI is InChI=1S/C17H22N4OS/c1-10-9-11(2)19-16(18-10)17(5)7-6-8-21(17)15(22)14-12(3)20-13(4)23-14/h9H,6-8H2,1-5H3/t17-/m0/s1. The summed E-state index contributed by atoms with van der Waals surface area (Å²) in [5, 5.41) is 0.925. The molecule has 1 fully saturated rings. The Morgan fingerprint density at radius 2 is 1.83 bits per heavy atom. The van der Waals surface area contributed by atoms with E-state index in [9.17, 15) is 4.79 Å². The highest BCUT2D eigenvalue weighted by atomic mass is 32.1. The van der Waals surface area contributed by atoms with Crippen LogP contribution in [0.3, 0.4) is 0 Å². The van der Waals surface area contributed by atoms with E-state index in [0.717, 1.165) is 52.2 Å². The maximum absolute atomic E-state index is 13.1. The summed E-state index contributed by atoms with van der Waals surface area (Å²) >= 11 is 1.47. The SMILES string of the molecule is Cc1cc(C)nc([C@]2(C)CCCN2C(=O)c2sc(C)nc2C)n1. The third kappa shape index (κ3) is 2.76. The van der Waals surface area contributed by atoms with Gasteiger partial charge in [-0.05, 0) is 53.5 Å². The number of amides is 1. The van der Waals surface area contributed by atoms with E-state index in [-0.39, 0.29) is 5.91 Å². The predicted octanol–water partition coefficient (Wildman–Crippen LogP) is 3.32. The van der Waals surface area contributed by atoms with Gasteiger partial charge in [0.25, 0.3) is 5.91 Å². The van der Waals surface area contributed by atoms with Crippen LogP contribution in [0.15, 0.2) is 6.07 Å². The molecule has 0 aliphatic carbocycles. The summed E-state index contributed by atoms with van der Waals surface area (Å²) in [4.78, 5) is 29.4. The van der Waals surface area contributed by atoms with Gasteiger partial charge < -0.3 is 4.90 Å². The van der Waals surface area contributed by atoms with Gasteiger partial charge in [-0.25, -0.2) is 15.0 Å². The Bertz CT molecular complexity index is 750. The summed E-state index contributed by atoms with van der Waals surface area (Å²) in [5.74, 6) is 0.801. The van der Waals surface area contributed by atoms with Crippen LogP contribution in [-0.2, 0) is 5.54 Å². The highest BCUT2D eigenvalue weighted by molar-refractivity contribution is 7.13. The molecule has 0 aromatic carbocycles. The smallest absolute Gasteiger partial charge is 0.266 e. The zero-order valence-electron chi connectivity index (χ0n) is 14.3. The minimum Gasteiger partial charge on any atom is -0.325 e. The molecule has 5 nitrogen and oxygen atoms in total. The van der Waals surface area contributed by atoms with E-state index >= 15 is 0 Å². The summed E-state index contributed by atoms with van der Waals surface area (Å²) in [6.45, 7) is 10.6. The molecule has 1 saturated heterocycles. The lowest BCUT2D eigenvalue weighted by atomic mass is 9.97. The largest absolute Gasteiger partial charge is 0.325 e. The van der Waals surface area contributed by atoms with Crippen LogP contribution < -0.4 is 0 Å². The van der Waals surface area contributed by atoms with Gasteiger partial charge in [0, 0.05) is 17.9 Å². The molecule has 1 aliphatic rings. The van der Waals surface area contributed by atoms with Crippen molar-refractivity contribution < 1.29 is 4.79 Å². The summed E-state index contributed by atoms with van der Waals surface area (Å²) in [7, 11) is 0. The number of carbonyl (C=O) groups excluding carboxylic acids is 1. The van der Waals surface area contributed by atoms with Crippen LogP contribution in [-0.4, -0.2) is 32.3 Å². The quantitative estimate of drug-likeness (QED) is 0.847. The monoisotopic (exact) mass is 330 g/mol. The second-order valence-corrected chi connectivity index (χ2v) is 7.66. The van der Waals surface area contributed by atoms with E-state index in [2.05, 4.69) is 21.9 Å². The molecule has 0 radical (unpaired) electrons.